The summed E-state index contributed by atoms with van der Waals surface area (Å²) in [6.07, 6.45) is 2.76. The summed E-state index contributed by atoms with van der Waals surface area (Å²) in [6, 6.07) is 19.6. The van der Waals surface area contributed by atoms with Crippen LogP contribution in [-0.2, 0) is 32.7 Å². The second-order valence-electron chi connectivity index (χ2n) is 8.31. The Hall–Kier alpha value is -3.38. The van der Waals surface area contributed by atoms with Crippen LogP contribution in [-0.4, -0.2) is 24.7 Å². The van der Waals surface area contributed by atoms with Crippen LogP contribution in [0.25, 0.3) is 27.8 Å². The molecule has 4 aromatic heterocycles. The first kappa shape index (κ1) is 24.7. The van der Waals surface area contributed by atoms with Gasteiger partial charge in [-0.1, -0.05) is 71.1 Å². The van der Waals surface area contributed by atoms with Gasteiger partial charge in [0.05, 0.1) is 11.5 Å². The van der Waals surface area contributed by atoms with Crippen LogP contribution < -0.4 is 0 Å². The summed E-state index contributed by atoms with van der Waals surface area (Å²) in [4.78, 5) is 13.7. The molecule has 0 N–H and O–H groups in total. The summed E-state index contributed by atoms with van der Waals surface area (Å²) < 4.78 is 39.9. The molecule has 178 valence electrons. The van der Waals surface area contributed by atoms with E-state index < -0.39 is 17.3 Å². The van der Waals surface area contributed by atoms with Crippen molar-refractivity contribution >= 4 is 10.8 Å². The quantitative estimate of drug-likeness (QED) is 0.230. The zero-order valence-corrected chi connectivity index (χ0v) is 20.9. The van der Waals surface area contributed by atoms with Crippen LogP contribution in [0.15, 0.2) is 72.9 Å². The number of benzene rings is 1. The molecule has 0 amide bonds. The van der Waals surface area contributed by atoms with Gasteiger partial charge in [-0.05, 0) is 44.1 Å². The predicted molar refractivity (Wildman–Crippen MR) is 121 cm³/mol. The average molecular weight is 653 g/mol. The fourth-order valence-electron chi connectivity index (χ4n) is 3.75. The number of hydrogen-bond donors (Lipinski definition) is 0. The van der Waals surface area contributed by atoms with Crippen LogP contribution >= 0.6 is 0 Å². The van der Waals surface area contributed by atoms with Gasteiger partial charge in [0.2, 0.25) is 0 Å². The molecule has 0 unspecified atom stereocenters. The van der Waals surface area contributed by atoms with Crippen molar-refractivity contribution in [2.45, 2.75) is 25.4 Å². The third kappa shape index (κ3) is 4.76. The summed E-state index contributed by atoms with van der Waals surface area (Å²) in [5.74, 6) is 0.240. The molecule has 0 saturated heterocycles. The molecule has 5 rings (SSSR count). The van der Waals surface area contributed by atoms with Crippen molar-refractivity contribution in [2.24, 2.45) is 0 Å². The second kappa shape index (κ2) is 9.34. The van der Waals surface area contributed by atoms with Crippen LogP contribution in [0.5, 0.6) is 0 Å². The summed E-state index contributed by atoms with van der Waals surface area (Å²) >= 11 is 0. The van der Waals surface area contributed by atoms with Crippen molar-refractivity contribution in [1.82, 2.24) is 24.7 Å². The maximum Gasteiger partial charge on any atom is 2.00 e. The van der Waals surface area contributed by atoms with Crippen molar-refractivity contribution in [3.05, 3.63) is 102 Å². The molecule has 35 heavy (non-hydrogen) atoms. The van der Waals surface area contributed by atoms with Crippen molar-refractivity contribution in [3.63, 3.8) is 0 Å². The molecule has 5 nitrogen and oxygen atoms in total. The molecule has 0 aliphatic carbocycles. The van der Waals surface area contributed by atoms with E-state index in [1.54, 1.807) is 18.3 Å². The first-order valence-electron chi connectivity index (χ1n) is 10.5. The van der Waals surface area contributed by atoms with Crippen molar-refractivity contribution < 1.29 is 34.2 Å². The molecule has 9 heteroatoms. The summed E-state index contributed by atoms with van der Waals surface area (Å²) in [6.45, 7) is 3.93. The van der Waals surface area contributed by atoms with Gasteiger partial charge in [0.1, 0.15) is 0 Å². The summed E-state index contributed by atoms with van der Waals surface area (Å²) in [5, 5.41) is 5.56. The van der Waals surface area contributed by atoms with Gasteiger partial charge >= 0.3 is 27.2 Å². The number of aromatic nitrogens is 5. The number of alkyl halides is 3. The van der Waals surface area contributed by atoms with E-state index in [1.807, 2.05) is 62.4 Å². The Labute approximate surface area is 214 Å². The monoisotopic (exact) mass is 652 g/mol. The molecule has 0 aliphatic heterocycles. The van der Waals surface area contributed by atoms with Crippen molar-refractivity contribution in [2.75, 3.05) is 0 Å². The third-order valence-electron chi connectivity index (χ3n) is 5.67. The van der Waals surface area contributed by atoms with E-state index in [9.17, 15) is 13.2 Å². The zero-order valence-electron chi connectivity index (χ0n) is 18.6. The minimum absolute atomic E-state index is 0. The van der Waals surface area contributed by atoms with Gasteiger partial charge in [-0.2, -0.15) is 13.2 Å². The second-order valence-corrected chi connectivity index (χ2v) is 8.31. The van der Waals surface area contributed by atoms with Gasteiger partial charge in [-0.3, -0.25) is 10.1 Å². The van der Waals surface area contributed by atoms with E-state index in [4.69, 9.17) is 4.98 Å². The van der Waals surface area contributed by atoms with Crippen LogP contribution in [0.4, 0.5) is 13.2 Å². The average Bonchev–Trinajstić information content (AvgIpc) is 3.35. The third-order valence-corrected chi connectivity index (χ3v) is 5.67. The molecule has 1 aromatic carbocycles. The molecule has 0 aliphatic rings. The SMILES string of the molecule is CC(C)(c1cccc(-c2[c-]ncc3ccccc23)n1)c1cccc(-n2[c-]cc(C(F)(F)F)n2)n1.[Pt+2]. The minimum atomic E-state index is -4.55. The molecular formula is C26H18F3N5Pt. The fourth-order valence-corrected chi connectivity index (χ4v) is 3.75. The van der Waals surface area contributed by atoms with E-state index in [2.05, 4.69) is 27.5 Å². The zero-order chi connectivity index (χ0) is 23.9. The number of halogens is 3. The van der Waals surface area contributed by atoms with Crippen LogP contribution in [0.1, 0.15) is 30.9 Å². The van der Waals surface area contributed by atoms with Crippen molar-refractivity contribution in [3.8, 4) is 17.1 Å². The molecule has 0 spiro atoms. The van der Waals surface area contributed by atoms with Gasteiger partial charge in [0.15, 0.2) is 0 Å². The largest absolute Gasteiger partial charge is 2.00 e. The van der Waals surface area contributed by atoms with E-state index >= 15 is 0 Å². The molecule has 0 bridgehead atoms. The van der Waals surface area contributed by atoms with Crippen LogP contribution in [0.2, 0.25) is 0 Å². The number of fused-ring (bicyclic) bond motifs is 1. The number of rotatable bonds is 4. The summed E-state index contributed by atoms with van der Waals surface area (Å²) in [5.41, 5.74) is 1.23. The number of hydrogen-bond acceptors (Lipinski definition) is 4. The van der Waals surface area contributed by atoms with E-state index in [-0.39, 0.29) is 26.9 Å². The molecule has 0 saturated carbocycles. The van der Waals surface area contributed by atoms with E-state index in [1.165, 1.54) is 0 Å². The van der Waals surface area contributed by atoms with Gasteiger partial charge in [0, 0.05) is 16.8 Å². The fraction of sp³-hybridized carbons (Fsp3) is 0.154. The summed E-state index contributed by atoms with van der Waals surface area (Å²) in [7, 11) is 0. The molecule has 4 heterocycles. The Bertz CT molecular complexity index is 1490. The standard InChI is InChI=1S/C26H18F3N5.Pt/c1-25(2,22-11-6-12-24(32-22)34-14-13-23(33-34)26(27,28)29)21-10-5-9-20(31-21)19-16-30-15-17-7-3-4-8-18(17)19;/h3-13,15H,1-2H3;/q-2;+2. The molecule has 0 fully saturated rings. The maximum absolute atomic E-state index is 13.0. The van der Waals surface area contributed by atoms with Crippen LogP contribution in [0, 0.1) is 12.4 Å². The van der Waals surface area contributed by atoms with Crippen LogP contribution in [0.3, 0.4) is 0 Å². The molecule has 0 radical (unpaired) electrons. The first-order valence-corrected chi connectivity index (χ1v) is 10.5. The van der Waals surface area contributed by atoms with E-state index in [0.29, 0.717) is 5.69 Å². The Kier molecular flexibility index (Phi) is 6.60. The maximum atomic E-state index is 13.0. The Morgan fingerprint density at radius 1 is 0.829 bits per heavy atom. The minimum Gasteiger partial charge on any atom is -0.359 e. The van der Waals surface area contributed by atoms with Gasteiger partial charge in [-0.25, -0.2) is 0 Å². The Balaban J connectivity index is 0.00000289. The van der Waals surface area contributed by atoms with Gasteiger partial charge in [0.25, 0.3) is 0 Å². The normalized spacial score (nSPS) is 11.9. The predicted octanol–water partition coefficient (Wildman–Crippen LogP) is 5.82. The number of pyridine rings is 3. The van der Waals surface area contributed by atoms with Crippen molar-refractivity contribution in [1.29, 1.82) is 0 Å². The smallest absolute Gasteiger partial charge is 0.359 e. The number of nitrogens with zero attached hydrogens (tertiary/aromatic N) is 5. The Morgan fingerprint density at radius 2 is 1.54 bits per heavy atom. The Morgan fingerprint density at radius 3 is 2.29 bits per heavy atom. The molecule has 0 atom stereocenters. The van der Waals surface area contributed by atoms with Gasteiger partial charge < -0.3 is 14.6 Å². The first-order chi connectivity index (χ1) is 16.2. The topological polar surface area (TPSA) is 56.5 Å². The molecule has 5 aromatic rings. The van der Waals surface area contributed by atoms with E-state index in [0.717, 1.165) is 38.5 Å². The van der Waals surface area contributed by atoms with Gasteiger partial charge in [-0.15, -0.1) is 6.07 Å². The molecular weight excluding hydrogens is 634 g/mol.